The summed E-state index contributed by atoms with van der Waals surface area (Å²) >= 11 is 12.4. The Morgan fingerprint density at radius 1 is 0.867 bits per heavy atom. The molecular formula is C34H34Cl2FN3O4S. The Hall–Kier alpha value is -3.92. The Morgan fingerprint density at radius 2 is 1.51 bits per heavy atom. The van der Waals surface area contributed by atoms with Crippen molar-refractivity contribution >= 4 is 50.7 Å². The van der Waals surface area contributed by atoms with Crippen LogP contribution in [0.2, 0.25) is 10.0 Å². The molecule has 4 aromatic rings. The molecule has 0 saturated heterocycles. The van der Waals surface area contributed by atoms with E-state index in [1.54, 1.807) is 32.0 Å². The number of hydrogen-bond donors (Lipinski definition) is 1. The van der Waals surface area contributed by atoms with Gasteiger partial charge < -0.3 is 10.2 Å². The third kappa shape index (κ3) is 8.63. The molecule has 0 spiro atoms. The van der Waals surface area contributed by atoms with E-state index >= 15 is 0 Å². The van der Waals surface area contributed by atoms with Crippen LogP contribution in [0.5, 0.6) is 0 Å². The number of carbonyl (C=O) groups is 2. The number of anilines is 1. The van der Waals surface area contributed by atoms with E-state index in [-0.39, 0.29) is 45.2 Å². The van der Waals surface area contributed by atoms with Crippen LogP contribution in [-0.2, 0) is 32.6 Å². The fourth-order valence-corrected chi connectivity index (χ4v) is 6.45. The van der Waals surface area contributed by atoms with E-state index in [0.29, 0.717) is 0 Å². The van der Waals surface area contributed by atoms with E-state index in [4.69, 9.17) is 23.2 Å². The minimum absolute atomic E-state index is 0.0500. The van der Waals surface area contributed by atoms with E-state index < -0.39 is 40.2 Å². The third-order valence-corrected chi connectivity index (χ3v) is 9.61. The summed E-state index contributed by atoms with van der Waals surface area (Å²) in [6, 6.07) is 24.1. The van der Waals surface area contributed by atoms with Crippen LogP contribution in [0, 0.1) is 12.7 Å². The average Bonchev–Trinajstić information content (AvgIpc) is 3.00. The van der Waals surface area contributed by atoms with Gasteiger partial charge in [0.1, 0.15) is 18.4 Å². The van der Waals surface area contributed by atoms with Crippen LogP contribution in [0.1, 0.15) is 30.5 Å². The summed E-state index contributed by atoms with van der Waals surface area (Å²) in [5.41, 5.74) is 1.88. The number of benzene rings is 4. The lowest BCUT2D eigenvalue weighted by Gasteiger charge is -2.34. The number of carbonyl (C=O) groups excluding carboxylic acids is 2. The maximum atomic E-state index is 15.0. The molecule has 4 rings (SSSR count). The van der Waals surface area contributed by atoms with Gasteiger partial charge in [-0.2, -0.15) is 0 Å². The van der Waals surface area contributed by atoms with E-state index in [1.807, 2.05) is 37.3 Å². The topological polar surface area (TPSA) is 86.8 Å². The Labute approximate surface area is 273 Å². The van der Waals surface area contributed by atoms with Crippen LogP contribution in [0.4, 0.5) is 10.1 Å². The van der Waals surface area contributed by atoms with Crippen LogP contribution < -0.4 is 9.62 Å². The minimum Gasteiger partial charge on any atom is -0.352 e. The predicted octanol–water partition coefficient (Wildman–Crippen LogP) is 6.80. The molecule has 0 aliphatic heterocycles. The van der Waals surface area contributed by atoms with E-state index in [2.05, 4.69) is 5.32 Å². The lowest BCUT2D eigenvalue weighted by Crippen LogP contribution is -2.54. The lowest BCUT2D eigenvalue weighted by molar-refractivity contribution is -0.140. The van der Waals surface area contributed by atoms with Crippen molar-refractivity contribution in [2.75, 3.05) is 10.8 Å². The molecular weight excluding hydrogens is 636 g/mol. The molecule has 0 bridgehead atoms. The highest BCUT2D eigenvalue weighted by Gasteiger charge is 2.35. The first kappa shape index (κ1) is 34.0. The number of aryl methyl sites for hydroxylation is 1. The first-order chi connectivity index (χ1) is 21.4. The second kappa shape index (κ2) is 14.9. The first-order valence-corrected chi connectivity index (χ1v) is 16.5. The molecule has 1 unspecified atom stereocenters. The molecule has 1 atom stereocenters. The monoisotopic (exact) mass is 669 g/mol. The number of halogens is 3. The Kier molecular flexibility index (Phi) is 11.3. The number of nitrogens with one attached hydrogen (secondary N) is 1. The summed E-state index contributed by atoms with van der Waals surface area (Å²) in [5.74, 6) is -1.74. The molecule has 0 aromatic heterocycles. The van der Waals surface area contributed by atoms with Gasteiger partial charge in [-0.1, -0.05) is 89.4 Å². The zero-order valence-electron chi connectivity index (χ0n) is 25.1. The smallest absolute Gasteiger partial charge is 0.264 e. The molecule has 0 radical (unpaired) electrons. The van der Waals surface area contributed by atoms with Crippen molar-refractivity contribution in [2.45, 2.75) is 50.7 Å². The molecule has 4 aromatic carbocycles. The molecule has 1 N–H and O–H groups in total. The molecule has 236 valence electrons. The molecule has 11 heteroatoms. The molecule has 45 heavy (non-hydrogen) atoms. The van der Waals surface area contributed by atoms with Gasteiger partial charge in [0.2, 0.25) is 11.8 Å². The maximum absolute atomic E-state index is 15.0. The molecule has 2 amide bonds. The average molecular weight is 671 g/mol. The zero-order valence-corrected chi connectivity index (χ0v) is 27.4. The van der Waals surface area contributed by atoms with Crippen molar-refractivity contribution < 1.29 is 22.4 Å². The summed E-state index contributed by atoms with van der Waals surface area (Å²) in [4.78, 5) is 29.3. The highest BCUT2D eigenvalue weighted by molar-refractivity contribution is 7.92. The summed E-state index contributed by atoms with van der Waals surface area (Å²) in [6.07, 6.45) is 0.108. The lowest BCUT2D eigenvalue weighted by atomic mass is 10.0. The third-order valence-electron chi connectivity index (χ3n) is 7.08. The quantitative estimate of drug-likeness (QED) is 0.180. The number of nitrogens with zero attached hydrogens (tertiary/aromatic N) is 2. The van der Waals surface area contributed by atoms with Gasteiger partial charge in [-0.3, -0.25) is 13.9 Å². The maximum Gasteiger partial charge on any atom is 0.264 e. The first-order valence-electron chi connectivity index (χ1n) is 14.3. The number of hydrogen-bond acceptors (Lipinski definition) is 4. The largest absolute Gasteiger partial charge is 0.352 e. The Morgan fingerprint density at radius 3 is 2.13 bits per heavy atom. The van der Waals surface area contributed by atoms with Crippen molar-refractivity contribution in [2.24, 2.45) is 0 Å². The highest BCUT2D eigenvalue weighted by Crippen LogP contribution is 2.31. The zero-order chi connectivity index (χ0) is 32.7. The number of sulfonamides is 1. The van der Waals surface area contributed by atoms with Crippen molar-refractivity contribution in [1.82, 2.24) is 10.2 Å². The summed E-state index contributed by atoms with van der Waals surface area (Å²) in [7, 11) is -4.32. The van der Waals surface area contributed by atoms with E-state index in [9.17, 15) is 22.4 Å². The standard InChI is InChI=1S/C34H34Cl2FN3O4S/c1-23(2)38-34(42)32(19-25-9-5-4-6-10-25)39(21-26-11-7-8-12-31(26)37)33(41)22-40(27-15-18-29(35)30(36)20-27)45(43,44)28-16-13-24(3)14-17-28/h4-18,20,23,32H,19,21-22H2,1-3H3,(H,38,42). The van der Waals surface area contributed by atoms with Gasteiger partial charge in [0, 0.05) is 24.6 Å². The second-order valence-electron chi connectivity index (χ2n) is 10.9. The minimum atomic E-state index is -4.32. The number of rotatable bonds is 12. The van der Waals surface area contributed by atoms with Crippen molar-refractivity contribution in [3.8, 4) is 0 Å². The van der Waals surface area contributed by atoms with Gasteiger partial charge in [0.25, 0.3) is 10.0 Å². The van der Waals surface area contributed by atoms with Crippen molar-refractivity contribution in [1.29, 1.82) is 0 Å². The van der Waals surface area contributed by atoms with Crippen LogP contribution in [0.25, 0.3) is 0 Å². The predicted molar refractivity (Wildman–Crippen MR) is 176 cm³/mol. The molecule has 7 nitrogen and oxygen atoms in total. The summed E-state index contributed by atoms with van der Waals surface area (Å²) in [6.45, 7) is 4.42. The van der Waals surface area contributed by atoms with Gasteiger partial charge in [-0.15, -0.1) is 0 Å². The van der Waals surface area contributed by atoms with Crippen LogP contribution in [-0.4, -0.2) is 43.8 Å². The summed E-state index contributed by atoms with van der Waals surface area (Å²) < 4.78 is 44.1. The summed E-state index contributed by atoms with van der Waals surface area (Å²) in [5, 5.41) is 3.16. The van der Waals surface area contributed by atoms with Gasteiger partial charge in [0.05, 0.1) is 20.6 Å². The normalized spacial score (nSPS) is 12.1. The fraction of sp³-hybridized carbons (Fsp3) is 0.235. The Bertz CT molecular complexity index is 1750. The number of amides is 2. The van der Waals surface area contributed by atoms with Gasteiger partial charge in [0.15, 0.2) is 0 Å². The van der Waals surface area contributed by atoms with Gasteiger partial charge in [-0.05, 0) is 62.7 Å². The van der Waals surface area contributed by atoms with E-state index in [1.165, 1.54) is 53.4 Å². The van der Waals surface area contributed by atoms with Crippen molar-refractivity contribution in [3.63, 3.8) is 0 Å². The molecule has 0 fully saturated rings. The van der Waals surface area contributed by atoms with Crippen LogP contribution >= 0.6 is 23.2 Å². The Balaban J connectivity index is 1.83. The SMILES string of the molecule is Cc1ccc(S(=O)(=O)N(CC(=O)N(Cc2ccccc2F)C(Cc2ccccc2)C(=O)NC(C)C)c2ccc(Cl)c(Cl)c2)cc1. The molecule has 0 aliphatic rings. The fourth-order valence-electron chi connectivity index (χ4n) is 4.75. The molecule has 0 aliphatic carbocycles. The van der Waals surface area contributed by atoms with Crippen LogP contribution in [0.15, 0.2) is 102 Å². The van der Waals surface area contributed by atoms with Gasteiger partial charge >= 0.3 is 0 Å². The van der Waals surface area contributed by atoms with E-state index in [0.717, 1.165) is 15.4 Å². The van der Waals surface area contributed by atoms with Crippen molar-refractivity contribution in [3.05, 3.63) is 130 Å². The molecule has 0 saturated carbocycles. The second-order valence-corrected chi connectivity index (χ2v) is 13.6. The highest BCUT2D eigenvalue weighted by atomic mass is 35.5. The molecule has 0 heterocycles. The van der Waals surface area contributed by atoms with Gasteiger partial charge in [-0.25, -0.2) is 12.8 Å². The van der Waals surface area contributed by atoms with Crippen LogP contribution in [0.3, 0.4) is 0 Å².